The number of hydrogen-bond acceptors (Lipinski definition) is 2. The second-order valence-electron chi connectivity index (χ2n) is 1.95. The normalized spacial score (nSPS) is 9.64. The van der Waals surface area contributed by atoms with E-state index < -0.39 is 0 Å². The van der Waals surface area contributed by atoms with E-state index in [4.69, 9.17) is 23.2 Å². The van der Waals surface area contributed by atoms with Crippen LogP contribution in [0.25, 0.3) is 0 Å². The standard InChI is InChI=1S/C7H5Cl2NO/c8-6-5(2-4-11)1-3-10-7(6)9/h1,3-4H,2H2. The first-order valence-electron chi connectivity index (χ1n) is 2.98. The zero-order chi connectivity index (χ0) is 8.27. The number of rotatable bonds is 2. The van der Waals surface area contributed by atoms with Gasteiger partial charge in [-0.1, -0.05) is 23.2 Å². The maximum atomic E-state index is 10.1. The number of carbonyl (C=O) groups is 1. The Balaban J connectivity index is 3.05. The van der Waals surface area contributed by atoms with E-state index in [0.29, 0.717) is 10.6 Å². The van der Waals surface area contributed by atoms with Crippen LogP contribution in [0.1, 0.15) is 5.56 Å². The van der Waals surface area contributed by atoms with E-state index >= 15 is 0 Å². The van der Waals surface area contributed by atoms with Crippen molar-refractivity contribution in [1.82, 2.24) is 4.98 Å². The van der Waals surface area contributed by atoms with Crippen LogP contribution in [0.2, 0.25) is 10.2 Å². The van der Waals surface area contributed by atoms with Crippen molar-refractivity contribution in [3.63, 3.8) is 0 Å². The molecule has 58 valence electrons. The summed E-state index contributed by atoms with van der Waals surface area (Å²) in [6, 6.07) is 1.67. The van der Waals surface area contributed by atoms with E-state index in [9.17, 15) is 4.79 Å². The Morgan fingerprint density at radius 3 is 2.91 bits per heavy atom. The highest BCUT2D eigenvalue weighted by molar-refractivity contribution is 6.41. The molecule has 0 spiro atoms. The first-order chi connectivity index (χ1) is 5.25. The van der Waals surface area contributed by atoms with Gasteiger partial charge in [0.2, 0.25) is 0 Å². The molecule has 11 heavy (non-hydrogen) atoms. The molecule has 0 aliphatic rings. The quantitative estimate of drug-likeness (QED) is 0.528. The molecule has 2 nitrogen and oxygen atoms in total. The summed E-state index contributed by atoms with van der Waals surface area (Å²) in [4.78, 5) is 13.9. The highest BCUT2D eigenvalue weighted by Gasteiger charge is 2.03. The van der Waals surface area contributed by atoms with Crippen molar-refractivity contribution in [2.45, 2.75) is 6.42 Å². The second-order valence-corrected chi connectivity index (χ2v) is 2.68. The van der Waals surface area contributed by atoms with Crippen molar-refractivity contribution >= 4 is 29.5 Å². The number of hydrogen-bond donors (Lipinski definition) is 0. The zero-order valence-corrected chi connectivity index (χ0v) is 7.06. The molecule has 4 heteroatoms. The van der Waals surface area contributed by atoms with Crippen LogP contribution >= 0.6 is 23.2 Å². The number of pyridine rings is 1. The number of carbonyl (C=O) groups excluding carboxylic acids is 1. The molecule has 0 aliphatic carbocycles. The van der Waals surface area contributed by atoms with Gasteiger partial charge >= 0.3 is 0 Å². The van der Waals surface area contributed by atoms with Gasteiger partial charge in [-0.2, -0.15) is 0 Å². The summed E-state index contributed by atoms with van der Waals surface area (Å²) < 4.78 is 0. The minimum Gasteiger partial charge on any atom is -0.303 e. The molecule has 0 bridgehead atoms. The molecule has 0 saturated heterocycles. The molecule has 0 atom stereocenters. The lowest BCUT2D eigenvalue weighted by Crippen LogP contribution is -1.89. The molecule has 0 radical (unpaired) electrons. The van der Waals surface area contributed by atoms with E-state index in [1.165, 1.54) is 6.20 Å². The SMILES string of the molecule is O=CCc1ccnc(Cl)c1Cl. The first kappa shape index (κ1) is 8.50. The fourth-order valence-electron chi connectivity index (χ4n) is 0.702. The Kier molecular flexibility index (Phi) is 2.85. The largest absolute Gasteiger partial charge is 0.303 e. The Bertz CT molecular complexity index is 275. The Hall–Kier alpha value is -0.600. The third kappa shape index (κ3) is 1.91. The highest BCUT2D eigenvalue weighted by Crippen LogP contribution is 2.22. The summed E-state index contributed by atoms with van der Waals surface area (Å²) in [7, 11) is 0. The molecule has 1 heterocycles. The van der Waals surface area contributed by atoms with Crippen molar-refractivity contribution in [2.24, 2.45) is 0 Å². The van der Waals surface area contributed by atoms with Crippen molar-refractivity contribution in [3.8, 4) is 0 Å². The van der Waals surface area contributed by atoms with Gasteiger partial charge in [0.1, 0.15) is 11.4 Å². The molecule has 0 saturated carbocycles. The predicted molar refractivity (Wildman–Crippen MR) is 44.0 cm³/mol. The lowest BCUT2D eigenvalue weighted by atomic mass is 10.2. The number of halogens is 2. The number of nitrogens with zero attached hydrogens (tertiary/aromatic N) is 1. The van der Waals surface area contributed by atoms with E-state index in [-0.39, 0.29) is 11.6 Å². The van der Waals surface area contributed by atoms with Gasteiger partial charge in [0.25, 0.3) is 0 Å². The molecule has 0 aliphatic heterocycles. The highest BCUT2D eigenvalue weighted by atomic mass is 35.5. The third-order valence-electron chi connectivity index (χ3n) is 1.23. The van der Waals surface area contributed by atoms with Crippen LogP contribution in [0, 0.1) is 0 Å². The topological polar surface area (TPSA) is 30.0 Å². The average Bonchev–Trinajstić information content (AvgIpc) is 1.99. The van der Waals surface area contributed by atoms with E-state index in [2.05, 4.69) is 4.98 Å². The predicted octanol–water partition coefficient (Wildman–Crippen LogP) is 2.13. The average molecular weight is 190 g/mol. The van der Waals surface area contributed by atoms with E-state index in [1.54, 1.807) is 6.07 Å². The lowest BCUT2D eigenvalue weighted by Gasteiger charge is -1.98. The summed E-state index contributed by atoms with van der Waals surface area (Å²) in [6.45, 7) is 0. The Labute approximate surface area is 74.1 Å². The van der Waals surface area contributed by atoms with Crippen LogP contribution in [0.4, 0.5) is 0 Å². The maximum absolute atomic E-state index is 10.1. The van der Waals surface area contributed by atoms with Crippen LogP contribution in [0.3, 0.4) is 0 Å². The third-order valence-corrected chi connectivity index (χ3v) is 2.03. The number of aromatic nitrogens is 1. The monoisotopic (exact) mass is 189 g/mol. The van der Waals surface area contributed by atoms with E-state index in [0.717, 1.165) is 6.29 Å². The van der Waals surface area contributed by atoms with E-state index in [1.807, 2.05) is 0 Å². The molecule has 0 aromatic carbocycles. The van der Waals surface area contributed by atoms with Gasteiger partial charge in [0.15, 0.2) is 0 Å². The fourth-order valence-corrected chi connectivity index (χ4v) is 1.07. The summed E-state index contributed by atoms with van der Waals surface area (Å²) in [5.41, 5.74) is 0.710. The molecule has 0 N–H and O–H groups in total. The minimum atomic E-state index is 0.242. The molecule has 0 fully saturated rings. The molecule has 0 unspecified atom stereocenters. The zero-order valence-electron chi connectivity index (χ0n) is 5.55. The van der Waals surface area contributed by atoms with Crippen LogP contribution in [0.5, 0.6) is 0 Å². The van der Waals surface area contributed by atoms with Crippen molar-refractivity contribution in [2.75, 3.05) is 0 Å². The number of aldehydes is 1. The summed E-state index contributed by atoms with van der Waals surface area (Å²) in [6.07, 6.45) is 2.58. The van der Waals surface area contributed by atoms with Crippen molar-refractivity contribution in [3.05, 3.63) is 28.0 Å². The van der Waals surface area contributed by atoms with Gasteiger partial charge in [-0.25, -0.2) is 4.98 Å². The molecule has 0 amide bonds. The molecular weight excluding hydrogens is 185 g/mol. The lowest BCUT2D eigenvalue weighted by molar-refractivity contribution is -0.107. The van der Waals surface area contributed by atoms with Gasteiger partial charge in [-0.05, 0) is 11.6 Å². The maximum Gasteiger partial charge on any atom is 0.147 e. The minimum absolute atomic E-state index is 0.242. The second kappa shape index (κ2) is 3.69. The molecule has 1 aromatic heterocycles. The van der Waals surface area contributed by atoms with Crippen LogP contribution in [-0.2, 0) is 11.2 Å². The smallest absolute Gasteiger partial charge is 0.147 e. The molecule has 1 aromatic rings. The van der Waals surface area contributed by atoms with Crippen LogP contribution in [-0.4, -0.2) is 11.3 Å². The van der Waals surface area contributed by atoms with Gasteiger partial charge in [0.05, 0.1) is 5.02 Å². The summed E-state index contributed by atoms with van der Waals surface area (Å²) in [5, 5.41) is 0.604. The van der Waals surface area contributed by atoms with Gasteiger partial charge < -0.3 is 4.79 Å². The summed E-state index contributed by atoms with van der Waals surface area (Å²) in [5.74, 6) is 0. The first-order valence-corrected chi connectivity index (χ1v) is 3.74. The van der Waals surface area contributed by atoms with Crippen LogP contribution in [0.15, 0.2) is 12.3 Å². The molecular formula is C7H5Cl2NO. The summed E-state index contributed by atoms with van der Waals surface area (Å²) >= 11 is 11.3. The van der Waals surface area contributed by atoms with Crippen molar-refractivity contribution in [1.29, 1.82) is 0 Å². The Morgan fingerprint density at radius 2 is 2.27 bits per heavy atom. The fraction of sp³-hybridized carbons (Fsp3) is 0.143. The molecule has 1 rings (SSSR count). The van der Waals surface area contributed by atoms with Gasteiger partial charge in [0, 0.05) is 12.6 Å². The van der Waals surface area contributed by atoms with Gasteiger partial charge in [-0.15, -0.1) is 0 Å². The Morgan fingerprint density at radius 1 is 1.55 bits per heavy atom. The van der Waals surface area contributed by atoms with Gasteiger partial charge in [-0.3, -0.25) is 0 Å². The van der Waals surface area contributed by atoms with Crippen molar-refractivity contribution < 1.29 is 4.79 Å². The van der Waals surface area contributed by atoms with Crippen LogP contribution < -0.4 is 0 Å².